The van der Waals surface area contributed by atoms with Crippen molar-refractivity contribution in [3.63, 3.8) is 0 Å². The standard InChI is InChI=1S/C11H15N5OS/c1-5-4-13-11(18-5)7(3)14-10(17)8-6(2)15-16-9(8)12/h4,7H,1-3H3,(H,14,17)(H3,12,15,16). The van der Waals surface area contributed by atoms with Gasteiger partial charge in [-0.3, -0.25) is 9.89 Å². The van der Waals surface area contributed by atoms with Gasteiger partial charge in [-0.05, 0) is 20.8 Å². The first-order valence-electron chi connectivity index (χ1n) is 5.52. The largest absolute Gasteiger partial charge is 0.382 e. The van der Waals surface area contributed by atoms with Gasteiger partial charge in [-0.25, -0.2) is 4.98 Å². The minimum atomic E-state index is -0.237. The molecule has 6 nitrogen and oxygen atoms in total. The quantitative estimate of drug-likeness (QED) is 0.784. The topological polar surface area (TPSA) is 96.7 Å². The maximum Gasteiger partial charge on any atom is 0.257 e. The molecule has 0 fully saturated rings. The third-order valence-electron chi connectivity index (χ3n) is 2.56. The van der Waals surface area contributed by atoms with E-state index in [9.17, 15) is 4.79 Å². The highest BCUT2D eigenvalue weighted by Crippen LogP contribution is 2.20. The highest BCUT2D eigenvalue weighted by Gasteiger charge is 2.19. The number of amides is 1. The fraction of sp³-hybridized carbons (Fsp3) is 0.364. The Hall–Kier alpha value is -1.89. The van der Waals surface area contributed by atoms with Crippen LogP contribution in [0.3, 0.4) is 0 Å². The predicted octanol–water partition coefficient (Wildman–Crippen LogP) is 1.56. The molecule has 1 atom stereocenters. The van der Waals surface area contributed by atoms with Crippen LogP contribution in [0.2, 0.25) is 0 Å². The van der Waals surface area contributed by atoms with E-state index < -0.39 is 0 Å². The lowest BCUT2D eigenvalue weighted by Gasteiger charge is -2.11. The van der Waals surface area contributed by atoms with E-state index in [1.165, 1.54) is 0 Å². The Labute approximate surface area is 109 Å². The summed E-state index contributed by atoms with van der Waals surface area (Å²) in [4.78, 5) is 17.4. The van der Waals surface area contributed by atoms with Gasteiger partial charge < -0.3 is 11.1 Å². The second kappa shape index (κ2) is 4.77. The van der Waals surface area contributed by atoms with Gasteiger partial charge in [-0.15, -0.1) is 11.3 Å². The number of rotatable bonds is 3. The van der Waals surface area contributed by atoms with Crippen LogP contribution in [0.4, 0.5) is 5.82 Å². The van der Waals surface area contributed by atoms with Crippen molar-refractivity contribution < 1.29 is 4.79 Å². The summed E-state index contributed by atoms with van der Waals surface area (Å²) >= 11 is 1.56. The second-order valence-corrected chi connectivity index (χ2v) is 5.38. The molecule has 2 aromatic rings. The van der Waals surface area contributed by atoms with E-state index in [2.05, 4.69) is 20.5 Å². The van der Waals surface area contributed by atoms with E-state index in [-0.39, 0.29) is 17.8 Å². The normalized spacial score (nSPS) is 12.4. The van der Waals surface area contributed by atoms with E-state index in [4.69, 9.17) is 5.73 Å². The zero-order chi connectivity index (χ0) is 13.3. The van der Waals surface area contributed by atoms with Crippen LogP contribution in [-0.4, -0.2) is 21.1 Å². The number of H-pyrrole nitrogens is 1. The van der Waals surface area contributed by atoms with Crippen molar-refractivity contribution in [2.24, 2.45) is 0 Å². The fourth-order valence-electron chi connectivity index (χ4n) is 1.64. The molecule has 0 saturated heterocycles. The van der Waals surface area contributed by atoms with Gasteiger partial charge in [0.05, 0.1) is 6.04 Å². The van der Waals surface area contributed by atoms with Crippen molar-refractivity contribution >= 4 is 23.1 Å². The number of aromatic amines is 1. The van der Waals surface area contributed by atoms with E-state index in [0.29, 0.717) is 11.3 Å². The average molecular weight is 265 g/mol. The van der Waals surface area contributed by atoms with Crippen molar-refractivity contribution in [2.75, 3.05) is 5.73 Å². The van der Waals surface area contributed by atoms with Crippen LogP contribution in [0.15, 0.2) is 6.20 Å². The molecule has 18 heavy (non-hydrogen) atoms. The molecule has 0 aliphatic carbocycles. The van der Waals surface area contributed by atoms with Crippen LogP contribution in [0, 0.1) is 13.8 Å². The van der Waals surface area contributed by atoms with Crippen LogP contribution in [0.25, 0.3) is 0 Å². The average Bonchev–Trinajstić information content (AvgIpc) is 2.85. The molecule has 7 heteroatoms. The second-order valence-electron chi connectivity index (χ2n) is 4.11. The van der Waals surface area contributed by atoms with E-state index in [1.54, 1.807) is 24.5 Å². The zero-order valence-electron chi connectivity index (χ0n) is 10.4. The minimum Gasteiger partial charge on any atom is -0.382 e. The maximum atomic E-state index is 12.1. The molecule has 0 saturated carbocycles. The minimum absolute atomic E-state index is 0.148. The summed E-state index contributed by atoms with van der Waals surface area (Å²) in [5, 5.41) is 10.2. The number of nitrogens with zero attached hydrogens (tertiary/aromatic N) is 2. The van der Waals surface area contributed by atoms with Gasteiger partial charge in [0.25, 0.3) is 5.91 Å². The van der Waals surface area contributed by atoms with Crippen molar-refractivity contribution in [2.45, 2.75) is 26.8 Å². The predicted molar refractivity (Wildman–Crippen MR) is 70.5 cm³/mol. The molecular weight excluding hydrogens is 250 g/mol. The van der Waals surface area contributed by atoms with E-state index in [1.807, 2.05) is 13.8 Å². The number of aryl methyl sites for hydroxylation is 2. The molecule has 0 radical (unpaired) electrons. The third-order valence-corrected chi connectivity index (χ3v) is 3.65. The van der Waals surface area contributed by atoms with Crippen LogP contribution in [0.1, 0.15) is 38.9 Å². The number of aromatic nitrogens is 3. The summed E-state index contributed by atoms with van der Waals surface area (Å²) in [6.45, 7) is 5.63. The van der Waals surface area contributed by atoms with Gasteiger partial charge in [0.15, 0.2) is 5.82 Å². The van der Waals surface area contributed by atoms with Crippen LogP contribution in [-0.2, 0) is 0 Å². The summed E-state index contributed by atoms with van der Waals surface area (Å²) in [5.74, 6) is -0.0216. The smallest absolute Gasteiger partial charge is 0.257 e. The summed E-state index contributed by atoms with van der Waals surface area (Å²) in [7, 11) is 0. The number of anilines is 1. The molecule has 1 unspecified atom stereocenters. The Kier molecular flexibility index (Phi) is 3.33. The lowest BCUT2D eigenvalue weighted by molar-refractivity contribution is 0.0940. The molecule has 0 aliphatic rings. The van der Waals surface area contributed by atoms with Gasteiger partial charge in [0, 0.05) is 16.8 Å². The number of nitrogen functional groups attached to an aromatic ring is 1. The molecule has 0 bridgehead atoms. The van der Waals surface area contributed by atoms with Crippen molar-refractivity contribution in [3.8, 4) is 0 Å². The van der Waals surface area contributed by atoms with Crippen molar-refractivity contribution in [1.29, 1.82) is 0 Å². The Morgan fingerprint density at radius 1 is 1.56 bits per heavy atom. The molecule has 0 aliphatic heterocycles. The number of nitrogens with one attached hydrogen (secondary N) is 2. The Bertz CT molecular complexity index is 554. The highest BCUT2D eigenvalue weighted by atomic mass is 32.1. The fourth-order valence-corrected chi connectivity index (χ4v) is 2.41. The van der Waals surface area contributed by atoms with E-state index >= 15 is 0 Å². The van der Waals surface area contributed by atoms with Gasteiger partial charge in [-0.1, -0.05) is 0 Å². The maximum absolute atomic E-state index is 12.1. The van der Waals surface area contributed by atoms with E-state index in [0.717, 1.165) is 9.88 Å². The molecular formula is C11H15N5OS. The highest BCUT2D eigenvalue weighted by molar-refractivity contribution is 7.11. The Morgan fingerprint density at radius 2 is 2.28 bits per heavy atom. The summed E-state index contributed by atoms with van der Waals surface area (Å²) < 4.78 is 0. The molecule has 2 rings (SSSR count). The summed E-state index contributed by atoms with van der Waals surface area (Å²) in [6, 6.07) is -0.148. The van der Waals surface area contributed by atoms with Gasteiger partial charge in [0.1, 0.15) is 10.6 Å². The Morgan fingerprint density at radius 3 is 2.78 bits per heavy atom. The molecule has 0 spiro atoms. The number of carbonyl (C=O) groups excluding carboxylic acids is 1. The first kappa shape index (κ1) is 12.6. The number of thiazole rings is 1. The van der Waals surface area contributed by atoms with Crippen molar-refractivity contribution in [1.82, 2.24) is 20.5 Å². The lowest BCUT2D eigenvalue weighted by Crippen LogP contribution is -2.27. The first-order chi connectivity index (χ1) is 8.49. The lowest BCUT2D eigenvalue weighted by atomic mass is 10.2. The molecule has 2 heterocycles. The number of hydrogen-bond donors (Lipinski definition) is 3. The SMILES string of the molecule is Cc1cnc(C(C)NC(=O)c2c(N)n[nH]c2C)s1. The Balaban J connectivity index is 2.13. The van der Waals surface area contributed by atoms with Crippen LogP contribution in [0.5, 0.6) is 0 Å². The number of nitrogens with two attached hydrogens (primary N) is 1. The molecule has 0 aromatic carbocycles. The van der Waals surface area contributed by atoms with Gasteiger partial charge in [0.2, 0.25) is 0 Å². The zero-order valence-corrected chi connectivity index (χ0v) is 11.3. The molecule has 96 valence electrons. The van der Waals surface area contributed by atoms with Crippen molar-refractivity contribution in [3.05, 3.63) is 27.3 Å². The third kappa shape index (κ3) is 2.35. The number of carbonyl (C=O) groups is 1. The van der Waals surface area contributed by atoms with Gasteiger partial charge in [-0.2, -0.15) is 5.10 Å². The molecule has 4 N–H and O–H groups in total. The molecule has 1 amide bonds. The molecule has 2 aromatic heterocycles. The van der Waals surface area contributed by atoms with Gasteiger partial charge >= 0.3 is 0 Å². The number of hydrogen-bond acceptors (Lipinski definition) is 5. The first-order valence-corrected chi connectivity index (χ1v) is 6.34. The van der Waals surface area contributed by atoms with Crippen LogP contribution >= 0.6 is 11.3 Å². The summed E-state index contributed by atoms with van der Waals surface area (Å²) in [5.41, 5.74) is 6.70. The monoisotopic (exact) mass is 265 g/mol. The summed E-state index contributed by atoms with van der Waals surface area (Å²) in [6.07, 6.45) is 1.79. The van der Waals surface area contributed by atoms with Crippen LogP contribution < -0.4 is 11.1 Å².